The van der Waals surface area contributed by atoms with Gasteiger partial charge in [0.1, 0.15) is 6.10 Å². The van der Waals surface area contributed by atoms with Gasteiger partial charge in [-0.05, 0) is 26.8 Å². The summed E-state index contributed by atoms with van der Waals surface area (Å²) in [7, 11) is 2.10. The van der Waals surface area contributed by atoms with Gasteiger partial charge in [0.15, 0.2) is 5.13 Å². The number of thiazole rings is 1. The van der Waals surface area contributed by atoms with Crippen LogP contribution in [0.15, 0.2) is 0 Å². The predicted octanol–water partition coefficient (Wildman–Crippen LogP) is 1.65. The first kappa shape index (κ1) is 15.9. The fraction of sp³-hybridized carbons (Fsp3) is 0.733. The average Bonchev–Trinajstić information content (AvgIpc) is 3.12. The zero-order valence-corrected chi connectivity index (χ0v) is 13.9. The van der Waals surface area contributed by atoms with Crippen molar-refractivity contribution in [2.24, 2.45) is 0 Å². The quantitative estimate of drug-likeness (QED) is 0.892. The Labute approximate surface area is 134 Å². The number of hydrogen-bond donors (Lipinski definition) is 1. The Morgan fingerprint density at radius 2 is 2.50 bits per heavy atom. The Morgan fingerprint density at radius 3 is 3.27 bits per heavy atom. The van der Waals surface area contributed by atoms with Gasteiger partial charge in [-0.25, -0.2) is 4.98 Å². The Bertz CT molecular complexity index is 528. The van der Waals surface area contributed by atoms with Crippen LogP contribution < -0.4 is 5.32 Å². The number of rotatable bonds is 5. The lowest BCUT2D eigenvalue weighted by Gasteiger charge is -2.20. The molecule has 1 N–H and O–H groups in total. The highest BCUT2D eigenvalue weighted by Crippen LogP contribution is 2.27. The molecule has 6 nitrogen and oxygen atoms in total. The third kappa shape index (κ3) is 3.84. The van der Waals surface area contributed by atoms with Crippen LogP contribution in [0.1, 0.15) is 30.3 Å². The number of hydrogen-bond acceptors (Lipinski definition) is 6. The molecule has 0 radical (unpaired) electrons. The lowest BCUT2D eigenvalue weighted by molar-refractivity contribution is -0.128. The van der Waals surface area contributed by atoms with Crippen LogP contribution in [0, 0.1) is 0 Å². The number of anilines is 1. The number of ether oxygens (including phenoxy) is 2. The molecule has 0 spiro atoms. The second-order valence-electron chi connectivity index (χ2n) is 5.98. The lowest BCUT2D eigenvalue weighted by Crippen LogP contribution is -2.30. The van der Waals surface area contributed by atoms with Crippen molar-refractivity contribution < 1.29 is 14.3 Å². The van der Waals surface area contributed by atoms with Crippen LogP contribution in [0.4, 0.5) is 5.13 Å². The van der Waals surface area contributed by atoms with Crippen molar-refractivity contribution in [1.82, 2.24) is 9.88 Å². The van der Waals surface area contributed by atoms with Crippen LogP contribution in [0.2, 0.25) is 0 Å². The molecule has 1 fully saturated rings. The van der Waals surface area contributed by atoms with E-state index in [1.54, 1.807) is 18.3 Å². The summed E-state index contributed by atoms with van der Waals surface area (Å²) < 4.78 is 11.1. The largest absolute Gasteiger partial charge is 0.376 e. The summed E-state index contributed by atoms with van der Waals surface area (Å²) in [6.45, 7) is 4.98. The van der Waals surface area contributed by atoms with E-state index in [0.717, 1.165) is 44.7 Å². The number of aromatic nitrogens is 1. The summed E-state index contributed by atoms with van der Waals surface area (Å²) in [5.74, 6) is -0.141. The Hall–Kier alpha value is -1.02. The average molecular weight is 325 g/mol. The maximum atomic E-state index is 12.2. The van der Waals surface area contributed by atoms with E-state index >= 15 is 0 Å². The molecular weight excluding hydrogens is 302 g/mol. The molecule has 0 aromatic carbocycles. The van der Waals surface area contributed by atoms with E-state index in [2.05, 4.69) is 22.2 Å². The zero-order chi connectivity index (χ0) is 15.5. The van der Waals surface area contributed by atoms with Gasteiger partial charge in [-0.15, -0.1) is 11.3 Å². The van der Waals surface area contributed by atoms with Crippen molar-refractivity contribution in [3.05, 3.63) is 10.6 Å². The highest BCUT2D eigenvalue weighted by molar-refractivity contribution is 7.15. The van der Waals surface area contributed by atoms with Crippen molar-refractivity contribution >= 4 is 22.4 Å². The number of fused-ring (bicyclic) bond motifs is 1. The predicted molar refractivity (Wildman–Crippen MR) is 85.2 cm³/mol. The monoisotopic (exact) mass is 325 g/mol. The first-order valence-electron chi connectivity index (χ1n) is 7.83. The lowest BCUT2D eigenvalue weighted by atomic mass is 10.2. The molecule has 1 amide bonds. The van der Waals surface area contributed by atoms with Gasteiger partial charge >= 0.3 is 0 Å². The molecule has 2 aliphatic rings. The number of nitrogens with zero attached hydrogens (tertiary/aromatic N) is 2. The third-order valence-corrected chi connectivity index (χ3v) is 5.08. The van der Waals surface area contributed by atoms with Gasteiger partial charge in [-0.1, -0.05) is 0 Å². The van der Waals surface area contributed by atoms with Gasteiger partial charge in [0, 0.05) is 31.0 Å². The van der Waals surface area contributed by atoms with Crippen molar-refractivity contribution in [2.45, 2.75) is 44.9 Å². The summed E-state index contributed by atoms with van der Waals surface area (Å²) in [5.41, 5.74) is 1.12. The molecule has 3 rings (SSSR count). The maximum absolute atomic E-state index is 12.2. The zero-order valence-electron chi connectivity index (χ0n) is 13.1. The molecule has 7 heteroatoms. The number of amides is 1. The van der Waals surface area contributed by atoms with E-state index in [9.17, 15) is 4.79 Å². The van der Waals surface area contributed by atoms with Crippen LogP contribution in [0.5, 0.6) is 0 Å². The number of likely N-dealkylation sites (N-methyl/N-ethyl adjacent to an activating group) is 1. The fourth-order valence-electron chi connectivity index (χ4n) is 2.69. The molecule has 22 heavy (non-hydrogen) atoms. The van der Waals surface area contributed by atoms with E-state index < -0.39 is 6.10 Å². The molecule has 0 saturated carbocycles. The Morgan fingerprint density at radius 1 is 1.64 bits per heavy atom. The first-order valence-corrected chi connectivity index (χ1v) is 8.64. The standard InChI is InChI=1S/C15H23N3O3S/c1-10(21-9-11-4-3-7-20-11)14(19)17-15-16-12-5-6-18(2)8-13(12)22-15/h10-11H,3-9H2,1-2H3,(H,16,17,19)/t10-,11-/m0/s1. The second kappa shape index (κ2) is 7.04. The van der Waals surface area contributed by atoms with Crippen molar-refractivity contribution in [3.63, 3.8) is 0 Å². The number of carbonyl (C=O) groups is 1. The minimum atomic E-state index is -0.493. The molecule has 1 saturated heterocycles. The van der Waals surface area contributed by atoms with Crippen LogP contribution in [-0.2, 0) is 27.2 Å². The topological polar surface area (TPSA) is 63.7 Å². The van der Waals surface area contributed by atoms with Crippen molar-refractivity contribution in [3.8, 4) is 0 Å². The molecule has 2 atom stereocenters. The summed E-state index contributed by atoms with van der Waals surface area (Å²) >= 11 is 1.56. The van der Waals surface area contributed by atoms with Gasteiger partial charge in [0.2, 0.25) is 0 Å². The number of carbonyl (C=O) groups excluding carboxylic acids is 1. The van der Waals surface area contributed by atoms with E-state index in [0.29, 0.717) is 11.7 Å². The highest BCUT2D eigenvalue weighted by atomic mass is 32.1. The molecule has 1 aromatic rings. The smallest absolute Gasteiger partial charge is 0.254 e. The van der Waals surface area contributed by atoms with Gasteiger partial charge in [0.05, 0.1) is 18.4 Å². The fourth-order valence-corrected chi connectivity index (χ4v) is 3.78. The molecule has 1 aromatic heterocycles. The minimum Gasteiger partial charge on any atom is -0.376 e. The molecule has 0 bridgehead atoms. The molecule has 122 valence electrons. The normalized spacial score (nSPS) is 23.3. The van der Waals surface area contributed by atoms with Gasteiger partial charge < -0.3 is 14.4 Å². The minimum absolute atomic E-state index is 0.137. The molecule has 0 aliphatic carbocycles. The van der Waals surface area contributed by atoms with Crippen LogP contribution in [0.25, 0.3) is 0 Å². The Kier molecular flexibility index (Phi) is 5.07. The second-order valence-corrected chi connectivity index (χ2v) is 7.06. The molecule has 3 heterocycles. The van der Waals surface area contributed by atoms with Gasteiger partial charge in [-0.2, -0.15) is 0 Å². The highest BCUT2D eigenvalue weighted by Gasteiger charge is 2.22. The maximum Gasteiger partial charge on any atom is 0.254 e. The van der Waals surface area contributed by atoms with Crippen LogP contribution in [0.3, 0.4) is 0 Å². The Balaban J connectivity index is 1.50. The molecular formula is C15H23N3O3S. The molecule has 0 unspecified atom stereocenters. The van der Waals surface area contributed by atoms with Crippen LogP contribution >= 0.6 is 11.3 Å². The van der Waals surface area contributed by atoms with Gasteiger partial charge in [-0.3, -0.25) is 10.1 Å². The van der Waals surface area contributed by atoms with E-state index in [1.165, 1.54) is 4.88 Å². The molecule has 2 aliphatic heterocycles. The summed E-state index contributed by atoms with van der Waals surface area (Å²) in [5, 5.41) is 3.55. The summed E-state index contributed by atoms with van der Waals surface area (Å²) in [6.07, 6.45) is 2.68. The van der Waals surface area contributed by atoms with Crippen molar-refractivity contribution in [2.75, 3.05) is 32.1 Å². The summed E-state index contributed by atoms with van der Waals surface area (Å²) in [4.78, 5) is 20.2. The SMILES string of the molecule is C[C@H](OC[C@@H]1CCCO1)C(=O)Nc1nc2c(s1)CN(C)CC2. The first-order chi connectivity index (χ1) is 10.6. The van der Waals surface area contributed by atoms with Crippen molar-refractivity contribution in [1.29, 1.82) is 0 Å². The van der Waals surface area contributed by atoms with E-state index in [-0.39, 0.29) is 12.0 Å². The van der Waals surface area contributed by atoms with Gasteiger partial charge in [0.25, 0.3) is 5.91 Å². The van der Waals surface area contributed by atoms with Crippen LogP contribution in [-0.4, -0.2) is 54.8 Å². The summed E-state index contributed by atoms with van der Waals surface area (Å²) in [6, 6.07) is 0. The number of nitrogens with one attached hydrogen (secondary N) is 1. The van der Waals surface area contributed by atoms with E-state index in [4.69, 9.17) is 9.47 Å². The third-order valence-electron chi connectivity index (χ3n) is 4.08. The van der Waals surface area contributed by atoms with E-state index in [1.807, 2.05) is 0 Å².